The molecule has 1 aromatic heterocycles. The van der Waals surface area contributed by atoms with Crippen LogP contribution in [0.3, 0.4) is 0 Å². The molecular weight excluding hydrogens is 733 g/mol. The molecule has 53 heavy (non-hydrogen) atoms. The Morgan fingerprint density at radius 2 is 1.72 bits per heavy atom. The number of benzene rings is 2. The predicted molar refractivity (Wildman–Crippen MR) is 198 cm³/mol. The molecule has 0 unspecified atom stereocenters. The second-order valence-electron chi connectivity index (χ2n) is 14.6. The lowest BCUT2D eigenvalue weighted by atomic mass is 9.99. The normalized spacial score (nSPS) is 17.0. The van der Waals surface area contributed by atoms with Crippen LogP contribution in [0.5, 0.6) is 17.6 Å². The zero-order chi connectivity index (χ0) is 38.9. The number of rotatable bonds is 12. The molecule has 1 saturated heterocycles. The molecule has 2 aromatic carbocycles. The van der Waals surface area contributed by atoms with E-state index in [0.29, 0.717) is 38.8 Å². The molecule has 0 radical (unpaired) electrons. The maximum atomic E-state index is 16.0. The minimum absolute atomic E-state index is 0.00867. The Kier molecular flexibility index (Phi) is 12.2. The molecule has 1 atom stereocenters. The third-order valence-corrected chi connectivity index (χ3v) is 17.8. The smallest absolute Gasteiger partial charge is 0.467 e. The standard InChI is InChI=1S/C37H48F4N4O6SSi/c1-23(2)53(24(3)4,25(5)6)17-14-29-31(38)12-11-26-18-28(50-22-48-8)19-33(34(26)29)45-16-13-30-32(20-45)42-36(49-21-27-10-9-15-44(27)7)43-35(30)51-52(46,47)37(39,40)41/h11-12,18-19,23-25,27H,9-10,13,15-16,20-22H2,1-8H3/t27-/m0/s1. The first kappa shape index (κ1) is 40.5. The number of methoxy groups -OCH3 is 1. The van der Waals surface area contributed by atoms with Crippen LogP contribution in [0, 0.1) is 17.3 Å². The van der Waals surface area contributed by atoms with Gasteiger partial charge in [0.25, 0.3) is 0 Å². The average molecular weight is 781 g/mol. The van der Waals surface area contributed by atoms with Crippen LogP contribution in [0.1, 0.15) is 71.2 Å². The average Bonchev–Trinajstić information content (AvgIpc) is 3.49. The lowest BCUT2D eigenvalue weighted by Crippen LogP contribution is -2.43. The number of anilines is 1. The van der Waals surface area contributed by atoms with E-state index >= 15 is 4.39 Å². The summed E-state index contributed by atoms with van der Waals surface area (Å²) in [6.45, 7) is 14.2. The van der Waals surface area contributed by atoms with E-state index in [0.717, 1.165) is 19.4 Å². The van der Waals surface area contributed by atoms with Gasteiger partial charge in [0, 0.05) is 36.7 Å². The van der Waals surface area contributed by atoms with E-state index in [1.165, 1.54) is 13.2 Å². The van der Waals surface area contributed by atoms with Gasteiger partial charge in [0.05, 0.1) is 23.5 Å². The van der Waals surface area contributed by atoms with E-state index in [4.69, 9.17) is 14.2 Å². The summed E-state index contributed by atoms with van der Waals surface area (Å²) in [4.78, 5) is 12.5. The van der Waals surface area contributed by atoms with Crippen LogP contribution >= 0.6 is 0 Å². The van der Waals surface area contributed by atoms with Gasteiger partial charge in [-0.05, 0) is 67.0 Å². The van der Waals surface area contributed by atoms with E-state index in [2.05, 4.69) is 72.1 Å². The van der Waals surface area contributed by atoms with Crippen LogP contribution in [0.2, 0.25) is 16.6 Å². The maximum Gasteiger partial charge on any atom is 0.534 e. The first-order valence-corrected chi connectivity index (χ1v) is 21.4. The summed E-state index contributed by atoms with van der Waals surface area (Å²) in [7, 11) is -4.90. The molecule has 16 heteroatoms. The molecular formula is C37H48F4N4O6SSi. The van der Waals surface area contributed by atoms with Crippen molar-refractivity contribution >= 4 is 34.7 Å². The molecule has 0 N–H and O–H groups in total. The van der Waals surface area contributed by atoms with Crippen molar-refractivity contribution in [1.29, 1.82) is 0 Å². The first-order chi connectivity index (χ1) is 24.9. The maximum absolute atomic E-state index is 16.0. The van der Waals surface area contributed by atoms with Crippen LogP contribution in [0.4, 0.5) is 23.2 Å². The van der Waals surface area contributed by atoms with Gasteiger partial charge in [-0.1, -0.05) is 53.5 Å². The van der Waals surface area contributed by atoms with Crippen LogP contribution in [0.25, 0.3) is 10.8 Å². The molecule has 0 spiro atoms. The summed E-state index contributed by atoms with van der Waals surface area (Å²) >= 11 is 0. The second kappa shape index (κ2) is 16.0. The number of likely N-dealkylation sites (N-methyl/N-ethyl adjacent to an activating group) is 1. The van der Waals surface area contributed by atoms with E-state index in [-0.39, 0.29) is 61.8 Å². The number of aromatic nitrogens is 2. The molecule has 0 amide bonds. The van der Waals surface area contributed by atoms with E-state index in [9.17, 15) is 21.6 Å². The van der Waals surface area contributed by atoms with Crippen LogP contribution in [0.15, 0.2) is 24.3 Å². The SMILES string of the molecule is COCOc1cc(N2CCc3c(nc(OC[C@@H]4CCCN4C)nc3OS(=O)(=O)C(F)(F)F)C2)c2c(C#C[Si](C(C)C)(C(C)C)C(C)C)c(F)ccc2c1. The van der Waals surface area contributed by atoms with Crippen molar-refractivity contribution in [2.24, 2.45) is 0 Å². The summed E-state index contributed by atoms with van der Waals surface area (Å²) in [6.07, 6.45) is 1.80. The van der Waals surface area contributed by atoms with Crippen molar-refractivity contribution < 1.29 is 44.4 Å². The quantitative estimate of drug-likeness (QED) is 0.0457. The molecule has 2 aliphatic rings. The Hall–Kier alpha value is -3.65. The fourth-order valence-electron chi connectivity index (χ4n) is 7.80. The highest BCUT2D eigenvalue weighted by Crippen LogP contribution is 2.42. The lowest BCUT2D eigenvalue weighted by molar-refractivity contribution is -0.0502. The van der Waals surface area contributed by atoms with Crippen molar-refractivity contribution in [1.82, 2.24) is 14.9 Å². The molecule has 2 aliphatic heterocycles. The molecule has 290 valence electrons. The number of fused-ring (bicyclic) bond motifs is 2. The van der Waals surface area contributed by atoms with Gasteiger partial charge in [-0.15, -0.1) is 5.54 Å². The molecule has 0 saturated carbocycles. The Bertz CT molecular complexity index is 1960. The summed E-state index contributed by atoms with van der Waals surface area (Å²) in [5.74, 6) is 2.52. The van der Waals surface area contributed by atoms with Gasteiger partial charge in [-0.3, -0.25) is 0 Å². The number of ether oxygens (including phenoxy) is 3. The molecule has 10 nitrogen and oxygen atoms in total. The van der Waals surface area contributed by atoms with Gasteiger partial charge in [-0.2, -0.15) is 31.6 Å². The fourth-order valence-corrected chi connectivity index (χ4v) is 13.5. The van der Waals surface area contributed by atoms with Gasteiger partial charge in [0.15, 0.2) is 6.79 Å². The highest BCUT2D eigenvalue weighted by Gasteiger charge is 2.49. The monoisotopic (exact) mass is 780 g/mol. The molecule has 5 rings (SSSR count). The van der Waals surface area contributed by atoms with Crippen LogP contribution in [-0.2, 0) is 27.8 Å². The predicted octanol–water partition coefficient (Wildman–Crippen LogP) is 7.59. The van der Waals surface area contributed by atoms with Gasteiger partial charge in [-0.25, -0.2) is 4.39 Å². The summed E-state index contributed by atoms with van der Waals surface area (Å²) in [6, 6.07) is 6.27. The van der Waals surface area contributed by atoms with Gasteiger partial charge in [0.2, 0.25) is 5.88 Å². The molecule has 0 bridgehead atoms. The fraction of sp³-hybridized carbons (Fsp3) is 0.568. The third kappa shape index (κ3) is 8.38. The van der Waals surface area contributed by atoms with Crippen LogP contribution in [-0.4, -0.2) is 83.6 Å². The Morgan fingerprint density at radius 1 is 1.02 bits per heavy atom. The summed E-state index contributed by atoms with van der Waals surface area (Å²) < 4.78 is 102. The number of likely N-dealkylation sites (tertiary alicyclic amines) is 1. The van der Waals surface area contributed by atoms with Gasteiger partial charge in [0.1, 0.15) is 26.2 Å². The largest absolute Gasteiger partial charge is 0.534 e. The van der Waals surface area contributed by atoms with E-state index in [1.807, 2.05) is 11.9 Å². The number of alkyl halides is 3. The zero-order valence-electron chi connectivity index (χ0n) is 31.4. The Morgan fingerprint density at radius 3 is 2.32 bits per heavy atom. The number of hydrogen-bond acceptors (Lipinski definition) is 10. The molecule has 1 fully saturated rings. The Labute approximate surface area is 310 Å². The Balaban J connectivity index is 1.65. The second-order valence-corrected chi connectivity index (χ2v) is 21.8. The minimum atomic E-state index is -6.05. The van der Waals surface area contributed by atoms with Crippen molar-refractivity contribution in [3.8, 4) is 29.1 Å². The summed E-state index contributed by atoms with van der Waals surface area (Å²) in [5.41, 5.74) is -0.0277. The minimum Gasteiger partial charge on any atom is -0.467 e. The highest BCUT2D eigenvalue weighted by molar-refractivity contribution is 7.88. The van der Waals surface area contributed by atoms with Crippen molar-refractivity contribution in [3.63, 3.8) is 0 Å². The van der Waals surface area contributed by atoms with Gasteiger partial charge < -0.3 is 28.2 Å². The number of hydrogen-bond donors (Lipinski definition) is 0. The number of halogens is 4. The van der Waals surface area contributed by atoms with E-state index < -0.39 is 35.4 Å². The molecule has 3 heterocycles. The van der Waals surface area contributed by atoms with Crippen molar-refractivity contribution in [2.75, 3.05) is 45.5 Å². The lowest BCUT2D eigenvalue weighted by Gasteiger charge is -2.38. The topological polar surface area (TPSA) is 103 Å². The molecule has 3 aromatic rings. The van der Waals surface area contributed by atoms with Crippen molar-refractivity contribution in [3.05, 3.63) is 46.9 Å². The number of nitrogens with zero attached hydrogens (tertiary/aromatic N) is 4. The summed E-state index contributed by atoms with van der Waals surface area (Å²) in [5, 5.41) is 1.19. The first-order valence-electron chi connectivity index (χ1n) is 17.8. The van der Waals surface area contributed by atoms with Crippen LogP contribution < -0.4 is 18.6 Å². The molecule has 0 aliphatic carbocycles. The van der Waals surface area contributed by atoms with Crippen molar-refractivity contribution in [2.45, 2.75) is 95.5 Å². The highest BCUT2D eigenvalue weighted by atomic mass is 32.2. The third-order valence-electron chi connectivity index (χ3n) is 10.5. The zero-order valence-corrected chi connectivity index (χ0v) is 33.3. The van der Waals surface area contributed by atoms with Gasteiger partial charge >= 0.3 is 21.6 Å². The van der Waals surface area contributed by atoms with E-state index in [1.54, 1.807) is 18.2 Å².